The number of nitrogens with one attached hydrogen (secondary N) is 1. The van der Waals surface area contributed by atoms with Crippen molar-refractivity contribution in [3.8, 4) is 0 Å². The van der Waals surface area contributed by atoms with Gasteiger partial charge in [0, 0.05) is 10.4 Å². The lowest BCUT2D eigenvalue weighted by Crippen LogP contribution is -2.07. The topological polar surface area (TPSA) is 33.6 Å². The molecule has 0 amide bonds. The largest absolute Gasteiger partial charge is 0.299 e. The van der Waals surface area contributed by atoms with Crippen molar-refractivity contribution in [3.05, 3.63) is 44.9 Å². The number of hydrogen-bond donors (Lipinski definition) is 1. The van der Waals surface area contributed by atoms with Crippen LogP contribution in [0.1, 0.15) is 31.2 Å². The number of halogens is 1. The van der Waals surface area contributed by atoms with Gasteiger partial charge in [-0.2, -0.15) is 5.10 Å². The number of aromatic amines is 1. The van der Waals surface area contributed by atoms with Crippen LogP contribution in [0.3, 0.4) is 0 Å². The Morgan fingerprint density at radius 3 is 2.76 bits per heavy atom. The molecule has 0 spiro atoms. The molecule has 0 aliphatic carbocycles. The highest BCUT2D eigenvalue weighted by Crippen LogP contribution is 2.19. The van der Waals surface area contributed by atoms with Crippen molar-refractivity contribution in [2.75, 3.05) is 0 Å². The molecule has 17 heavy (non-hydrogen) atoms. The third-order valence-electron chi connectivity index (χ3n) is 2.59. The van der Waals surface area contributed by atoms with E-state index < -0.39 is 0 Å². The molecule has 5 heteroatoms. The van der Waals surface area contributed by atoms with Gasteiger partial charge in [0.2, 0.25) is 0 Å². The zero-order valence-electron chi connectivity index (χ0n) is 9.77. The molecular weight excluding hydrogens is 298 g/mol. The van der Waals surface area contributed by atoms with Crippen molar-refractivity contribution in [3.63, 3.8) is 0 Å². The summed E-state index contributed by atoms with van der Waals surface area (Å²) in [6, 6.07) is 8.15. The summed E-state index contributed by atoms with van der Waals surface area (Å²) in [6.45, 7) is 4.97. The van der Waals surface area contributed by atoms with Crippen LogP contribution >= 0.6 is 28.1 Å². The van der Waals surface area contributed by atoms with E-state index in [0.29, 0.717) is 10.7 Å². The molecule has 3 nitrogen and oxygen atoms in total. The fourth-order valence-electron chi connectivity index (χ4n) is 1.72. The van der Waals surface area contributed by atoms with Gasteiger partial charge in [-0.1, -0.05) is 48.0 Å². The molecule has 0 aliphatic rings. The first-order chi connectivity index (χ1) is 8.09. The second-order valence-corrected chi connectivity index (χ2v) is 5.46. The van der Waals surface area contributed by atoms with Crippen molar-refractivity contribution in [1.29, 1.82) is 0 Å². The maximum absolute atomic E-state index is 5.26. The fraction of sp³-hybridized carbons (Fsp3) is 0.333. The molecule has 0 saturated heterocycles. The number of hydrogen-bond acceptors (Lipinski definition) is 2. The second kappa shape index (κ2) is 5.14. The zero-order valence-corrected chi connectivity index (χ0v) is 12.2. The lowest BCUT2D eigenvalue weighted by molar-refractivity contribution is 0.663. The van der Waals surface area contributed by atoms with Crippen LogP contribution in [-0.4, -0.2) is 14.8 Å². The molecule has 0 unspecified atom stereocenters. The van der Waals surface area contributed by atoms with E-state index in [9.17, 15) is 0 Å². The summed E-state index contributed by atoms with van der Waals surface area (Å²) >= 11 is 8.81. The van der Waals surface area contributed by atoms with E-state index in [4.69, 9.17) is 12.2 Å². The van der Waals surface area contributed by atoms with Gasteiger partial charge in [0.15, 0.2) is 4.77 Å². The third-order valence-corrected chi connectivity index (χ3v) is 3.68. The molecule has 0 bridgehead atoms. The van der Waals surface area contributed by atoms with E-state index in [2.05, 4.69) is 46.0 Å². The van der Waals surface area contributed by atoms with Gasteiger partial charge in [0.05, 0.1) is 6.54 Å². The van der Waals surface area contributed by atoms with Crippen LogP contribution in [0.15, 0.2) is 28.7 Å². The molecule has 1 aromatic heterocycles. The van der Waals surface area contributed by atoms with E-state index in [1.807, 2.05) is 22.8 Å². The number of rotatable bonds is 3. The van der Waals surface area contributed by atoms with E-state index in [1.54, 1.807) is 0 Å². The maximum Gasteiger partial charge on any atom is 0.195 e. The van der Waals surface area contributed by atoms with E-state index in [1.165, 1.54) is 5.56 Å². The molecule has 1 heterocycles. The predicted molar refractivity (Wildman–Crippen MR) is 74.7 cm³/mol. The minimum atomic E-state index is 0.352. The normalized spacial score (nSPS) is 11.1. The van der Waals surface area contributed by atoms with Gasteiger partial charge in [0.25, 0.3) is 0 Å². The van der Waals surface area contributed by atoms with Gasteiger partial charge in [-0.3, -0.25) is 9.67 Å². The minimum Gasteiger partial charge on any atom is -0.299 e. The lowest BCUT2D eigenvalue weighted by atomic mass is 10.2. The molecule has 0 fully saturated rings. The Morgan fingerprint density at radius 2 is 2.12 bits per heavy atom. The molecule has 0 aliphatic heterocycles. The van der Waals surface area contributed by atoms with Crippen LogP contribution in [-0.2, 0) is 6.54 Å². The monoisotopic (exact) mass is 311 g/mol. The number of aromatic nitrogens is 3. The van der Waals surface area contributed by atoms with Gasteiger partial charge in [0.1, 0.15) is 5.82 Å². The smallest absolute Gasteiger partial charge is 0.195 e. The minimum absolute atomic E-state index is 0.352. The molecule has 2 rings (SSSR count). The van der Waals surface area contributed by atoms with Crippen LogP contribution in [0, 0.1) is 4.77 Å². The summed E-state index contributed by atoms with van der Waals surface area (Å²) in [5.74, 6) is 1.34. The van der Waals surface area contributed by atoms with Crippen LogP contribution in [0.5, 0.6) is 0 Å². The third kappa shape index (κ3) is 2.66. The van der Waals surface area contributed by atoms with Gasteiger partial charge >= 0.3 is 0 Å². The Bertz CT molecular complexity index is 571. The molecular formula is C12H14BrN3S. The predicted octanol–water partition coefficient (Wildman–Crippen LogP) is 3.87. The molecule has 90 valence electrons. The Hall–Kier alpha value is -0.940. The summed E-state index contributed by atoms with van der Waals surface area (Å²) in [4.78, 5) is 0. The molecule has 1 aromatic carbocycles. The summed E-state index contributed by atoms with van der Waals surface area (Å²) in [6.07, 6.45) is 0. The Balaban J connectivity index is 2.40. The SMILES string of the molecule is CC(C)c1n[nH]c(=S)n1Cc1ccccc1Br. The lowest BCUT2D eigenvalue weighted by Gasteiger charge is -2.10. The van der Waals surface area contributed by atoms with Crippen LogP contribution in [0.2, 0.25) is 0 Å². The highest BCUT2D eigenvalue weighted by molar-refractivity contribution is 9.10. The highest BCUT2D eigenvalue weighted by atomic mass is 79.9. The number of H-pyrrole nitrogens is 1. The summed E-state index contributed by atoms with van der Waals surface area (Å²) in [5, 5.41) is 7.13. The van der Waals surface area contributed by atoms with Gasteiger partial charge in [-0.05, 0) is 23.8 Å². The molecule has 1 N–H and O–H groups in total. The molecule has 0 radical (unpaired) electrons. The van der Waals surface area contributed by atoms with Gasteiger partial charge in [-0.15, -0.1) is 0 Å². The Kier molecular flexibility index (Phi) is 3.79. The average molecular weight is 312 g/mol. The molecule has 2 aromatic rings. The van der Waals surface area contributed by atoms with E-state index in [0.717, 1.165) is 16.8 Å². The van der Waals surface area contributed by atoms with Crippen molar-refractivity contribution >= 4 is 28.1 Å². The summed E-state index contributed by atoms with van der Waals surface area (Å²) in [7, 11) is 0. The van der Waals surface area contributed by atoms with Crippen LogP contribution < -0.4 is 0 Å². The first-order valence-corrected chi connectivity index (χ1v) is 6.68. The van der Waals surface area contributed by atoms with Gasteiger partial charge < -0.3 is 0 Å². The van der Waals surface area contributed by atoms with Gasteiger partial charge in [-0.25, -0.2) is 0 Å². The standard InChI is InChI=1S/C12H14BrN3S/c1-8(2)11-14-15-12(17)16(11)7-9-5-3-4-6-10(9)13/h3-6,8H,7H2,1-2H3,(H,15,17). The van der Waals surface area contributed by atoms with E-state index in [-0.39, 0.29) is 0 Å². The zero-order chi connectivity index (χ0) is 12.4. The second-order valence-electron chi connectivity index (χ2n) is 4.22. The Labute approximate surface area is 114 Å². The van der Waals surface area contributed by atoms with Crippen molar-refractivity contribution in [2.45, 2.75) is 26.3 Å². The Morgan fingerprint density at radius 1 is 1.41 bits per heavy atom. The van der Waals surface area contributed by atoms with Crippen LogP contribution in [0.25, 0.3) is 0 Å². The van der Waals surface area contributed by atoms with Crippen LogP contribution in [0.4, 0.5) is 0 Å². The number of benzene rings is 1. The molecule has 0 atom stereocenters. The molecule has 0 saturated carbocycles. The fourth-order valence-corrected chi connectivity index (χ4v) is 2.33. The summed E-state index contributed by atoms with van der Waals surface area (Å²) in [5.41, 5.74) is 1.20. The first-order valence-electron chi connectivity index (χ1n) is 5.48. The average Bonchev–Trinajstić information content (AvgIpc) is 2.64. The van der Waals surface area contributed by atoms with E-state index >= 15 is 0 Å². The van der Waals surface area contributed by atoms with Crippen molar-refractivity contribution in [1.82, 2.24) is 14.8 Å². The first kappa shape index (κ1) is 12.5. The van der Waals surface area contributed by atoms with Crippen molar-refractivity contribution < 1.29 is 0 Å². The van der Waals surface area contributed by atoms with Crippen molar-refractivity contribution in [2.24, 2.45) is 0 Å². The quantitative estimate of drug-likeness (QED) is 0.873. The number of nitrogens with zero attached hydrogens (tertiary/aromatic N) is 2. The summed E-state index contributed by atoms with van der Waals surface area (Å²) < 4.78 is 3.81. The highest BCUT2D eigenvalue weighted by Gasteiger charge is 2.11. The maximum atomic E-state index is 5.26.